The van der Waals surface area contributed by atoms with Crippen LogP contribution in [0.2, 0.25) is 0 Å². The van der Waals surface area contributed by atoms with Gasteiger partial charge in [-0.3, -0.25) is 10.1 Å². The predicted octanol–water partition coefficient (Wildman–Crippen LogP) is 3.86. The van der Waals surface area contributed by atoms with Crippen LogP contribution in [0, 0.1) is 28.4 Å². The van der Waals surface area contributed by atoms with Gasteiger partial charge in [-0.05, 0) is 30.7 Å². The van der Waals surface area contributed by atoms with Gasteiger partial charge in [-0.2, -0.15) is 18.4 Å². The average molecular weight is 307 g/mol. The van der Waals surface area contributed by atoms with Crippen molar-refractivity contribution in [1.82, 2.24) is 4.98 Å². The highest BCUT2D eigenvalue weighted by Gasteiger charge is 2.34. The van der Waals surface area contributed by atoms with Crippen LogP contribution in [0.3, 0.4) is 0 Å². The number of nitrogens with zero attached hydrogens (tertiary/aromatic N) is 3. The van der Waals surface area contributed by atoms with Gasteiger partial charge in [0.2, 0.25) is 0 Å². The largest absolute Gasteiger partial charge is 0.433 e. The zero-order valence-corrected chi connectivity index (χ0v) is 11.2. The van der Waals surface area contributed by atoms with Crippen molar-refractivity contribution in [3.8, 4) is 17.2 Å². The minimum absolute atomic E-state index is 0.00172. The minimum atomic E-state index is -4.64. The summed E-state index contributed by atoms with van der Waals surface area (Å²) in [5, 5.41) is 19.7. The quantitative estimate of drug-likeness (QED) is 0.623. The lowest BCUT2D eigenvalue weighted by Crippen LogP contribution is -2.10. The second-order valence-corrected chi connectivity index (χ2v) is 4.43. The number of nitro benzene ring substituents is 1. The van der Waals surface area contributed by atoms with E-state index in [1.807, 2.05) is 6.07 Å². The van der Waals surface area contributed by atoms with E-state index in [0.29, 0.717) is 0 Å². The third-order valence-electron chi connectivity index (χ3n) is 2.99. The zero-order chi connectivity index (χ0) is 16.5. The SMILES string of the molecule is Cc1nc(C(F)(F)F)cc(-c2ccc([N+](=O)[O-])cc2)c1C#N. The molecule has 1 heterocycles. The van der Waals surface area contributed by atoms with E-state index in [2.05, 4.69) is 4.98 Å². The number of alkyl halides is 3. The van der Waals surface area contributed by atoms with Gasteiger partial charge in [0.25, 0.3) is 5.69 Å². The summed E-state index contributed by atoms with van der Waals surface area (Å²) in [5.74, 6) is 0. The standard InChI is InChI=1S/C14H8F3N3O2/c1-8-12(7-18)11(6-13(19-8)14(15,16)17)9-2-4-10(5-3-9)20(21)22/h2-6H,1H3. The Hall–Kier alpha value is -2.95. The van der Waals surface area contributed by atoms with Crippen molar-refractivity contribution < 1.29 is 18.1 Å². The van der Waals surface area contributed by atoms with Crippen LogP contribution in [-0.2, 0) is 6.18 Å². The van der Waals surface area contributed by atoms with Crippen molar-refractivity contribution in [2.45, 2.75) is 13.1 Å². The summed E-state index contributed by atoms with van der Waals surface area (Å²) >= 11 is 0. The molecule has 0 aliphatic rings. The summed E-state index contributed by atoms with van der Waals surface area (Å²) in [7, 11) is 0. The maximum atomic E-state index is 12.8. The van der Waals surface area contributed by atoms with Crippen molar-refractivity contribution in [1.29, 1.82) is 5.26 Å². The number of non-ortho nitro benzene ring substituents is 1. The molecule has 0 aliphatic carbocycles. The van der Waals surface area contributed by atoms with Crippen molar-refractivity contribution in [3.05, 3.63) is 57.4 Å². The molecule has 112 valence electrons. The number of rotatable bonds is 2. The second-order valence-electron chi connectivity index (χ2n) is 4.43. The molecule has 22 heavy (non-hydrogen) atoms. The van der Waals surface area contributed by atoms with Crippen molar-refractivity contribution in [2.24, 2.45) is 0 Å². The van der Waals surface area contributed by atoms with Crippen molar-refractivity contribution >= 4 is 5.69 Å². The molecule has 0 fully saturated rings. The monoisotopic (exact) mass is 307 g/mol. The first kappa shape index (κ1) is 15.4. The van der Waals surface area contributed by atoms with Crippen molar-refractivity contribution in [2.75, 3.05) is 0 Å². The number of pyridine rings is 1. The third kappa shape index (κ3) is 2.88. The fourth-order valence-corrected chi connectivity index (χ4v) is 1.95. The highest BCUT2D eigenvalue weighted by atomic mass is 19.4. The maximum Gasteiger partial charge on any atom is 0.433 e. The molecule has 1 aromatic carbocycles. The molecular weight excluding hydrogens is 299 g/mol. The Labute approximate surface area is 122 Å². The molecular formula is C14H8F3N3O2. The van der Waals surface area contributed by atoms with Crippen molar-refractivity contribution in [3.63, 3.8) is 0 Å². The number of hydrogen-bond acceptors (Lipinski definition) is 4. The summed E-state index contributed by atoms with van der Waals surface area (Å²) in [5.41, 5.74) is -1.04. The van der Waals surface area contributed by atoms with Crippen LogP contribution in [0.1, 0.15) is 17.0 Å². The summed E-state index contributed by atoms with van der Waals surface area (Å²) in [6.07, 6.45) is -4.64. The van der Waals surface area contributed by atoms with Gasteiger partial charge in [-0.1, -0.05) is 0 Å². The van der Waals surface area contributed by atoms with Gasteiger partial charge in [0, 0.05) is 17.7 Å². The Morgan fingerprint density at radius 2 is 1.86 bits per heavy atom. The van der Waals surface area contributed by atoms with Crippen LogP contribution in [0.15, 0.2) is 30.3 Å². The Morgan fingerprint density at radius 1 is 1.27 bits per heavy atom. The van der Waals surface area contributed by atoms with Crippen LogP contribution in [0.5, 0.6) is 0 Å². The molecule has 0 spiro atoms. The van der Waals surface area contributed by atoms with Gasteiger partial charge in [-0.25, -0.2) is 4.98 Å². The minimum Gasteiger partial charge on any atom is -0.258 e. The molecule has 0 N–H and O–H groups in total. The van der Waals surface area contributed by atoms with Crippen LogP contribution in [0.25, 0.3) is 11.1 Å². The third-order valence-corrected chi connectivity index (χ3v) is 2.99. The van der Waals surface area contributed by atoms with E-state index in [-0.39, 0.29) is 28.1 Å². The first-order valence-electron chi connectivity index (χ1n) is 5.98. The van der Waals surface area contributed by atoms with E-state index in [1.54, 1.807) is 0 Å². The number of benzene rings is 1. The van der Waals surface area contributed by atoms with E-state index < -0.39 is 16.8 Å². The van der Waals surface area contributed by atoms with Gasteiger partial charge in [-0.15, -0.1) is 0 Å². The fraction of sp³-hybridized carbons (Fsp3) is 0.143. The molecule has 0 saturated heterocycles. The molecule has 0 saturated carbocycles. The summed E-state index contributed by atoms with van der Waals surface area (Å²) in [6, 6.07) is 7.52. The first-order valence-corrected chi connectivity index (χ1v) is 5.98. The fourth-order valence-electron chi connectivity index (χ4n) is 1.95. The van der Waals surface area contributed by atoms with E-state index in [1.165, 1.54) is 31.2 Å². The van der Waals surface area contributed by atoms with Crippen LogP contribution < -0.4 is 0 Å². The van der Waals surface area contributed by atoms with Gasteiger partial charge < -0.3 is 0 Å². The second kappa shape index (κ2) is 5.44. The van der Waals surface area contributed by atoms with Gasteiger partial charge in [0.05, 0.1) is 16.2 Å². The van der Waals surface area contributed by atoms with E-state index in [4.69, 9.17) is 5.26 Å². The highest BCUT2D eigenvalue weighted by molar-refractivity contribution is 5.72. The molecule has 0 unspecified atom stereocenters. The van der Waals surface area contributed by atoms with E-state index >= 15 is 0 Å². The summed E-state index contributed by atoms with van der Waals surface area (Å²) in [6.45, 7) is 1.31. The van der Waals surface area contributed by atoms with Crippen LogP contribution >= 0.6 is 0 Å². The predicted molar refractivity (Wildman–Crippen MR) is 70.8 cm³/mol. The topological polar surface area (TPSA) is 79.8 Å². The molecule has 0 radical (unpaired) electrons. The van der Waals surface area contributed by atoms with Gasteiger partial charge in [0.15, 0.2) is 0 Å². The lowest BCUT2D eigenvalue weighted by Gasteiger charge is -2.12. The smallest absolute Gasteiger partial charge is 0.258 e. The van der Waals surface area contributed by atoms with Gasteiger partial charge in [0.1, 0.15) is 11.8 Å². The molecule has 0 atom stereocenters. The lowest BCUT2D eigenvalue weighted by atomic mass is 9.98. The van der Waals surface area contributed by atoms with E-state index in [0.717, 1.165) is 6.07 Å². The van der Waals surface area contributed by atoms with Crippen LogP contribution in [0.4, 0.5) is 18.9 Å². The molecule has 5 nitrogen and oxygen atoms in total. The number of hydrogen-bond donors (Lipinski definition) is 0. The number of aromatic nitrogens is 1. The molecule has 2 aromatic rings. The number of halogens is 3. The Balaban J connectivity index is 2.65. The maximum absolute atomic E-state index is 12.8. The number of nitro groups is 1. The number of aryl methyl sites for hydroxylation is 1. The Bertz CT molecular complexity index is 778. The molecule has 1 aromatic heterocycles. The molecule has 2 rings (SSSR count). The number of nitriles is 1. The molecule has 0 bridgehead atoms. The average Bonchev–Trinajstić information content (AvgIpc) is 2.45. The normalized spacial score (nSPS) is 11.0. The zero-order valence-electron chi connectivity index (χ0n) is 11.2. The van der Waals surface area contributed by atoms with Crippen LogP contribution in [-0.4, -0.2) is 9.91 Å². The first-order chi connectivity index (χ1) is 10.2. The highest BCUT2D eigenvalue weighted by Crippen LogP contribution is 2.34. The van der Waals surface area contributed by atoms with Gasteiger partial charge >= 0.3 is 6.18 Å². The molecule has 8 heteroatoms. The lowest BCUT2D eigenvalue weighted by molar-refractivity contribution is -0.384. The Morgan fingerprint density at radius 3 is 2.32 bits per heavy atom. The Kier molecular flexibility index (Phi) is 3.82. The molecule has 0 amide bonds. The summed E-state index contributed by atoms with van der Waals surface area (Å²) in [4.78, 5) is 13.4. The van der Waals surface area contributed by atoms with E-state index in [9.17, 15) is 23.3 Å². The molecule has 0 aliphatic heterocycles. The summed E-state index contributed by atoms with van der Waals surface area (Å²) < 4.78 is 38.5.